The fraction of sp³-hybridized carbons (Fsp3) is 0.200. The van der Waals surface area contributed by atoms with Gasteiger partial charge in [-0.2, -0.15) is 0 Å². The van der Waals surface area contributed by atoms with E-state index in [4.69, 9.17) is 11.5 Å². The van der Waals surface area contributed by atoms with Gasteiger partial charge in [-0.1, -0.05) is 97.1 Å². The molecule has 0 heterocycles. The summed E-state index contributed by atoms with van der Waals surface area (Å²) in [7, 11) is 0. The van der Waals surface area contributed by atoms with Crippen LogP contribution in [0.2, 0.25) is 0 Å². The summed E-state index contributed by atoms with van der Waals surface area (Å²) >= 11 is 0. The molecular weight excluding hydrogens is 388 g/mol. The van der Waals surface area contributed by atoms with Crippen molar-refractivity contribution in [2.75, 3.05) is 13.1 Å². The van der Waals surface area contributed by atoms with Crippen LogP contribution in [0.15, 0.2) is 97.1 Å². The lowest BCUT2D eigenvalue weighted by atomic mass is 9.41. The maximum Gasteiger partial charge on any atom is 0.0480 e. The zero-order valence-electron chi connectivity index (χ0n) is 18.0. The molecule has 0 unspecified atom stereocenters. The van der Waals surface area contributed by atoms with Gasteiger partial charge in [-0.05, 0) is 44.5 Å². The van der Waals surface area contributed by atoms with Gasteiger partial charge in [0.25, 0.3) is 0 Å². The molecule has 0 aliphatic heterocycles. The second kappa shape index (κ2) is 6.19. The van der Waals surface area contributed by atoms with Crippen molar-refractivity contribution >= 4 is 0 Å². The minimum atomic E-state index is -0.441. The van der Waals surface area contributed by atoms with Gasteiger partial charge in [-0.25, -0.2) is 0 Å². The number of hydrogen-bond donors (Lipinski definition) is 2. The minimum Gasteiger partial charge on any atom is -0.329 e. The average Bonchev–Trinajstić information content (AvgIpc) is 2.85. The maximum absolute atomic E-state index is 6.93. The van der Waals surface area contributed by atoms with Crippen LogP contribution >= 0.6 is 0 Å². The molecule has 0 fully saturated rings. The number of benzene rings is 4. The third-order valence-corrected chi connectivity index (χ3v) is 8.70. The normalized spacial score (nSPS) is 28.2. The molecule has 2 heteroatoms. The molecule has 10 rings (SSSR count). The van der Waals surface area contributed by atoms with Gasteiger partial charge in [-0.15, -0.1) is 0 Å². The Kier molecular flexibility index (Phi) is 3.55. The van der Waals surface area contributed by atoms with Crippen molar-refractivity contribution in [2.45, 2.75) is 22.7 Å². The topological polar surface area (TPSA) is 52.0 Å². The lowest BCUT2D eigenvalue weighted by Gasteiger charge is -2.62. The van der Waals surface area contributed by atoms with Crippen molar-refractivity contribution in [3.63, 3.8) is 0 Å². The summed E-state index contributed by atoms with van der Waals surface area (Å²) in [5.74, 6) is 0.501. The van der Waals surface area contributed by atoms with E-state index in [-0.39, 0.29) is 11.8 Å². The van der Waals surface area contributed by atoms with Gasteiger partial charge < -0.3 is 11.5 Å². The van der Waals surface area contributed by atoms with Crippen molar-refractivity contribution in [2.24, 2.45) is 11.5 Å². The summed E-state index contributed by atoms with van der Waals surface area (Å²) in [6.07, 6.45) is 0. The third kappa shape index (κ3) is 1.79. The Morgan fingerprint density at radius 1 is 0.438 bits per heavy atom. The van der Waals surface area contributed by atoms with Crippen LogP contribution in [-0.4, -0.2) is 13.1 Å². The monoisotopic (exact) mass is 414 g/mol. The van der Waals surface area contributed by atoms with Crippen LogP contribution < -0.4 is 11.5 Å². The van der Waals surface area contributed by atoms with Crippen LogP contribution in [-0.2, 0) is 10.8 Å². The fourth-order valence-electron chi connectivity index (χ4n) is 7.68. The van der Waals surface area contributed by atoms with E-state index in [1.54, 1.807) is 0 Å². The molecule has 0 saturated carbocycles. The van der Waals surface area contributed by atoms with Crippen molar-refractivity contribution in [1.82, 2.24) is 0 Å². The Morgan fingerprint density at radius 2 is 0.688 bits per heavy atom. The van der Waals surface area contributed by atoms with Gasteiger partial charge in [0.2, 0.25) is 0 Å². The van der Waals surface area contributed by atoms with E-state index >= 15 is 0 Å². The van der Waals surface area contributed by atoms with Crippen LogP contribution in [0, 0.1) is 0 Å². The van der Waals surface area contributed by atoms with Gasteiger partial charge in [0, 0.05) is 35.8 Å². The largest absolute Gasteiger partial charge is 0.329 e. The fourth-order valence-corrected chi connectivity index (χ4v) is 7.68. The molecule has 4 N–H and O–H groups in total. The molecule has 4 bridgehead atoms. The highest BCUT2D eigenvalue weighted by molar-refractivity contribution is 5.73. The summed E-state index contributed by atoms with van der Waals surface area (Å²) in [6.45, 7) is 0.997. The van der Waals surface area contributed by atoms with E-state index < -0.39 is 10.8 Å². The van der Waals surface area contributed by atoms with Crippen LogP contribution in [0.1, 0.15) is 56.3 Å². The number of rotatable bonds is 2. The van der Waals surface area contributed by atoms with Crippen LogP contribution in [0.4, 0.5) is 0 Å². The van der Waals surface area contributed by atoms with Gasteiger partial charge in [0.15, 0.2) is 0 Å². The molecule has 2 nitrogen and oxygen atoms in total. The Morgan fingerprint density at radius 3 is 0.938 bits per heavy atom. The van der Waals surface area contributed by atoms with Crippen molar-refractivity contribution in [3.05, 3.63) is 142 Å². The molecule has 0 aromatic heterocycles. The SMILES string of the molecule is NCC12c3ccccc3C(c3ccccc31)C1c3ccccc3C2(CN)c2ccccc21. The highest BCUT2D eigenvalue weighted by Crippen LogP contribution is 2.67. The first-order chi connectivity index (χ1) is 15.8. The highest BCUT2D eigenvalue weighted by Gasteiger charge is 2.64. The zero-order chi connectivity index (χ0) is 21.5. The van der Waals surface area contributed by atoms with Crippen molar-refractivity contribution < 1.29 is 0 Å². The molecule has 4 aromatic carbocycles. The summed E-state index contributed by atoms with van der Waals surface area (Å²) in [6, 6.07) is 36.0. The molecule has 0 spiro atoms. The van der Waals surface area contributed by atoms with E-state index in [1.165, 1.54) is 44.5 Å². The molecule has 0 amide bonds. The molecule has 32 heavy (non-hydrogen) atoms. The van der Waals surface area contributed by atoms with E-state index in [0.29, 0.717) is 13.1 Å². The van der Waals surface area contributed by atoms with Crippen LogP contribution in [0.3, 0.4) is 0 Å². The third-order valence-electron chi connectivity index (χ3n) is 8.70. The zero-order valence-corrected chi connectivity index (χ0v) is 18.0. The first kappa shape index (κ1) is 18.4. The van der Waals surface area contributed by atoms with Gasteiger partial charge in [0.05, 0.1) is 0 Å². The Hall–Kier alpha value is -3.20. The molecule has 0 radical (unpaired) electrons. The van der Waals surface area contributed by atoms with E-state index in [2.05, 4.69) is 97.1 Å². The van der Waals surface area contributed by atoms with Gasteiger partial charge >= 0.3 is 0 Å². The Balaban J connectivity index is 1.80. The summed E-state index contributed by atoms with van der Waals surface area (Å²) < 4.78 is 0. The molecule has 156 valence electrons. The highest BCUT2D eigenvalue weighted by atomic mass is 14.8. The molecule has 0 saturated heterocycles. The van der Waals surface area contributed by atoms with Crippen LogP contribution in [0.5, 0.6) is 0 Å². The first-order valence-electron chi connectivity index (χ1n) is 11.6. The predicted octanol–water partition coefficient (Wildman–Crippen LogP) is 4.78. The first-order valence-corrected chi connectivity index (χ1v) is 11.6. The smallest absolute Gasteiger partial charge is 0.0480 e. The summed E-state index contributed by atoms with van der Waals surface area (Å²) in [5.41, 5.74) is 24.0. The Labute approximate surface area is 188 Å². The second-order valence-corrected chi connectivity index (χ2v) is 9.52. The number of nitrogens with two attached hydrogens (primary N) is 2. The molecule has 6 aliphatic carbocycles. The lowest BCUT2D eigenvalue weighted by Crippen LogP contribution is -2.64. The summed E-state index contributed by atoms with van der Waals surface area (Å²) in [5, 5.41) is 0. The Bertz CT molecular complexity index is 1180. The van der Waals surface area contributed by atoms with E-state index in [9.17, 15) is 0 Å². The quantitative estimate of drug-likeness (QED) is 0.496. The molecule has 0 atom stereocenters. The minimum absolute atomic E-state index is 0.250. The standard InChI is InChI=1S/C30H26N2/c31-17-29-23-13-5-1-9-19(23)27(20-10-2-6-14-24(20)29)28-21-11-3-7-15-25(21)30(29,18-32)26-16-8-4-12-22(26)28/h1-16,27-28H,17-18,31-32H2. The molecule has 6 aliphatic rings. The average molecular weight is 415 g/mol. The van der Waals surface area contributed by atoms with E-state index in [1.807, 2.05) is 0 Å². The predicted molar refractivity (Wildman–Crippen MR) is 129 cm³/mol. The van der Waals surface area contributed by atoms with Gasteiger partial charge in [-0.3, -0.25) is 0 Å². The molecular formula is C30H26N2. The maximum atomic E-state index is 6.93. The van der Waals surface area contributed by atoms with Gasteiger partial charge in [0.1, 0.15) is 0 Å². The van der Waals surface area contributed by atoms with Crippen LogP contribution in [0.25, 0.3) is 0 Å². The lowest BCUT2D eigenvalue weighted by molar-refractivity contribution is 0.280. The number of hydrogen-bond acceptors (Lipinski definition) is 2. The van der Waals surface area contributed by atoms with Crippen molar-refractivity contribution in [1.29, 1.82) is 0 Å². The summed E-state index contributed by atoms with van der Waals surface area (Å²) in [4.78, 5) is 0. The van der Waals surface area contributed by atoms with Crippen molar-refractivity contribution in [3.8, 4) is 0 Å². The molecule has 4 aromatic rings. The van der Waals surface area contributed by atoms with E-state index in [0.717, 1.165) is 0 Å². The second-order valence-electron chi connectivity index (χ2n) is 9.52.